The van der Waals surface area contributed by atoms with Crippen molar-refractivity contribution in [3.63, 3.8) is 0 Å². The van der Waals surface area contributed by atoms with Gasteiger partial charge in [0, 0.05) is 17.3 Å². The number of hydrogen-bond donors (Lipinski definition) is 1. The van der Waals surface area contributed by atoms with Crippen molar-refractivity contribution < 1.29 is 4.79 Å². The van der Waals surface area contributed by atoms with E-state index in [-0.39, 0.29) is 11.6 Å². The van der Waals surface area contributed by atoms with Crippen LogP contribution in [0.5, 0.6) is 0 Å². The van der Waals surface area contributed by atoms with Gasteiger partial charge in [-0.3, -0.25) is 4.79 Å². The summed E-state index contributed by atoms with van der Waals surface area (Å²) in [5.41, 5.74) is 3.53. The molecule has 0 unspecified atom stereocenters. The molecule has 1 N–H and O–H groups in total. The average Bonchev–Trinajstić information content (AvgIpc) is 2.96. The maximum absolute atomic E-state index is 12.6. The molecule has 0 saturated carbocycles. The zero-order valence-corrected chi connectivity index (χ0v) is 15.7. The number of nitrogens with zero attached hydrogens (tertiary/aromatic N) is 4. The zero-order valence-electron chi connectivity index (χ0n) is 14.9. The molecule has 134 valence electrons. The van der Waals surface area contributed by atoms with Crippen molar-refractivity contribution in [2.45, 2.75) is 13.5 Å². The van der Waals surface area contributed by atoms with E-state index in [0.717, 1.165) is 23.5 Å². The molecule has 7 heteroatoms. The van der Waals surface area contributed by atoms with Crippen molar-refractivity contribution in [2.24, 2.45) is 0 Å². The van der Waals surface area contributed by atoms with Crippen LogP contribution in [-0.4, -0.2) is 39.9 Å². The third-order valence-electron chi connectivity index (χ3n) is 3.85. The highest BCUT2D eigenvalue weighted by molar-refractivity contribution is 6.30. The van der Waals surface area contributed by atoms with Gasteiger partial charge in [-0.2, -0.15) is 0 Å². The SMILES string of the molecule is Cc1c(C(=O)Nc2cccc(CN(C)C)c2)nnn1-c1cccc(Cl)c1. The van der Waals surface area contributed by atoms with Crippen molar-refractivity contribution in [2.75, 3.05) is 19.4 Å². The van der Waals surface area contributed by atoms with Gasteiger partial charge in [-0.05, 0) is 56.9 Å². The first kappa shape index (κ1) is 18.1. The third-order valence-corrected chi connectivity index (χ3v) is 4.08. The fourth-order valence-corrected chi connectivity index (χ4v) is 2.88. The van der Waals surface area contributed by atoms with Gasteiger partial charge < -0.3 is 10.2 Å². The van der Waals surface area contributed by atoms with E-state index in [2.05, 4.69) is 20.5 Å². The Balaban J connectivity index is 1.81. The molecule has 0 saturated heterocycles. The fraction of sp³-hybridized carbons (Fsp3) is 0.211. The number of carbonyl (C=O) groups is 1. The van der Waals surface area contributed by atoms with E-state index in [0.29, 0.717) is 10.7 Å². The van der Waals surface area contributed by atoms with Gasteiger partial charge in [0.25, 0.3) is 5.91 Å². The van der Waals surface area contributed by atoms with Gasteiger partial charge in [0.1, 0.15) is 0 Å². The summed E-state index contributed by atoms with van der Waals surface area (Å²) in [6.45, 7) is 2.60. The lowest BCUT2D eigenvalue weighted by Gasteiger charge is -2.11. The highest BCUT2D eigenvalue weighted by Gasteiger charge is 2.17. The monoisotopic (exact) mass is 369 g/mol. The molecule has 0 aliphatic heterocycles. The molecule has 0 radical (unpaired) electrons. The quantitative estimate of drug-likeness (QED) is 0.747. The largest absolute Gasteiger partial charge is 0.321 e. The van der Waals surface area contributed by atoms with Crippen LogP contribution in [0.15, 0.2) is 48.5 Å². The van der Waals surface area contributed by atoms with E-state index in [1.165, 1.54) is 0 Å². The van der Waals surface area contributed by atoms with Gasteiger partial charge in [0.05, 0.1) is 11.4 Å². The number of carbonyl (C=O) groups excluding carboxylic acids is 1. The molecule has 0 spiro atoms. The van der Waals surface area contributed by atoms with Crippen molar-refractivity contribution in [3.05, 3.63) is 70.5 Å². The van der Waals surface area contributed by atoms with Gasteiger partial charge in [-0.15, -0.1) is 5.10 Å². The Bertz CT molecular complexity index is 935. The fourth-order valence-electron chi connectivity index (χ4n) is 2.69. The summed E-state index contributed by atoms with van der Waals surface area (Å²) in [6, 6.07) is 15.0. The van der Waals surface area contributed by atoms with Gasteiger partial charge in [-0.25, -0.2) is 4.68 Å². The molecule has 2 aromatic carbocycles. The van der Waals surface area contributed by atoms with Crippen LogP contribution in [0.3, 0.4) is 0 Å². The minimum absolute atomic E-state index is 0.281. The minimum Gasteiger partial charge on any atom is -0.321 e. The lowest BCUT2D eigenvalue weighted by Crippen LogP contribution is -2.15. The van der Waals surface area contributed by atoms with E-state index >= 15 is 0 Å². The van der Waals surface area contributed by atoms with Gasteiger partial charge in [-0.1, -0.05) is 35.0 Å². The summed E-state index contributed by atoms with van der Waals surface area (Å²) in [5, 5.41) is 11.6. The molecule has 0 fully saturated rings. The van der Waals surface area contributed by atoms with E-state index in [9.17, 15) is 4.79 Å². The van der Waals surface area contributed by atoms with Crippen LogP contribution in [0.1, 0.15) is 21.7 Å². The Labute approximate surface area is 157 Å². The summed E-state index contributed by atoms with van der Waals surface area (Å²) in [4.78, 5) is 14.7. The predicted octanol–water partition coefficient (Wildman–Crippen LogP) is 3.54. The number of halogens is 1. The molecular formula is C19H20ClN5O. The molecular weight excluding hydrogens is 350 g/mol. The summed E-state index contributed by atoms with van der Waals surface area (Å²) in [5.74, 6) is -0.294. The molecule has 1 aromatic heterocycles. The predicted molar refractivity (Wildman–Crippen MR) is 103 cm³/mol. The van der Waals surface area contributed by atoms with Crippen molar-refractivity contribution in [1.82, 2.24) is 19.9 Å². The summed E-state index contributed by atoms with van der Waals surface area (Å²) >= 11 is 6.03. The number of nitrogens with one attached hydrogen (secondary N) is 1. The van der Waals surface area contributed by atoms with Crippen molar-refractivity contribution in [3.8, 4) is 5.69 Å². The Morgan fingerprint density at radius 3 is 2.69 bits per heavy atom. The Kier molecular flexibility index (Phi) is 5.35. The van der Waals surface area contributed by atoms with Crippen LogP contribution in [0.2, 0.25) is 5.02 Å². The van der Waals surface area contributed by atoms with Crippen LogP contribution in [-0.2, 0) is 6.54 Å². The van der Waals surface area contributed by atoms with Crippen LogP contribution >= 0.6 is 11.6 Å². The Hall–Kier alpha value is -2.70. The summed E-state index contributed by atoms with van der Waals surface area (Å²) < 4.78 is 1.60. The maximum Gasteiger partial charge on any atom is 0.278 e. The van der Waals surface area contributed by atoms with E-state index in [1.54, 1.807) is 23.7 Å². The number of benzene rings is 2. The standard InChI is InChI=1S/C19H20ClN5O/c1-13-18(22-23-25(13)17-9-5-7-15(20)11-17)19(26)21-16-8-4-6-14(10-16)12-24(2)3/h4-11H,12H2,1-3H3,(H,21,26). The van der Waals surface area contributed by atoms with Gasteiger partial charge in [0.15, 0.2) is 5.69 Å². The molecule has 0 atom stereocenters. The second kappa shape index (κ2) is 7.68. The van der Waals surface area contributed by atoms with E-state index < -0.39 is 0 Å². The van der Waals surface area contributed by atoms with E-state index in [1.807, 2.05) is 50.5 Å². The number of amides is 1. The first-order chi connectivity index (χ1) is 12.4. The molecule has 6 nitrogen and oxygen atoms in total. The van der Waals surface area contributed by atoms with Crippen LogP contribution in [0.4, 0.5) is 5.69 Å². The molecule has 3 rings (SSSR count). The first-order valence-corrected chi connectivity index (χ1v) is 8.55. The second-order valence-electron chi connectivity index (χ2n) is 6.31. The molecule has 26 heavy (non-hydrogen) atoms. The summed E-state index contributed by atoms with van der Waals surface area (Å²) in [6.07, 6.45) is 0. The molecule has 1 amide bonds. The number of aromatic nitrogens is 3. The molecule has 1 heterocycles. The Morgan fingerprint density at radius 2 is 1.96 bits per heavy atom. The van der Waals surface area contributed by atoms with Crippen molar-refractivity contribution >= 4 is 23.2 Å². The second-order valence-corrected chi connectivity index (χ2v) is 6.74. The topological polar surface area (TPSA) is 63.1 Å². The lowest BCUT2D eigenvalue weighted by molar-refractivity contribution is 0.102. The Morgan fingerprint density at radius 1 is 1.19 bits per heavy atom. The van der Waals surface area contributed by atoms with Gasteiger partial charge in [0.2, 0.25) is 0 Å². The summed E-state index contributed by atoms with van der Waals surface area (Å²) in [7, 11) is 4.01. The highest BCUT2D eigenvalue weighted by Crippen LogP contribution is 2.18. The molecule has 3 aromatic rings. The maximum atomic E-state index is 12.6. The average molecular weight is 370 g/mol. The lowest BCUT2D eigenvalue weighted by atomic mass is 10.2. The van der Waals surface area contributed by atoms with Crippen molar-refractivity contribution in [1.29, 1.82) is 0 Å². The van der Waals surface area contributed by atoms with Crippen LogP contribution in [0.25, 0.3) is 5.69 Å². The smallest absolute Gasteiger partial charge is 0.278 e. The van der Waals surface area contributed by atoms with Gasteiger partial charge >= 0.3 is 0 Å². The first-order valence-electron chi connectivity index (χ1n) is 8.17. The number of hydrogen-bond acceptors (Lipinski definition) is 4. The minimum atomic E-state index is -0.294. The van der Waals surface area contributed by atoms with E-state index in [4.69, 9.17) is 11.6 Å². The van der Waals surface area contributed by atoms with Crippen LogP contribution < -0.4 is 5.32 Å². The molecule has 0 bridgehead atoms. The van der Waals surface area contributed by atoms with Crippen LogP contribution in [0, 0.1) is 6.92 Å². The zero-order chi connectivity index (χ0) is 18.7. The molecule has 0 aliphatic carbocycles. The third kappa shape index (κ3) is 4.09. The number of anilines is 1. The normalized spacial score (nSPS) is 11.0. The highest BCUT2D eigenvalue weighted by atomic mass is 35.5. The molecule has 0 aliphatic rings. The number of rotatable bonds is 5.